The SMILES string of the molecule is CCC[C@@H](N)C(=O)N1CC2CCCN2CC1C. The Morgan fingerprint density at radius 3 is 2.94 bits per heavy atom. The molecule has 2 aliphatic heterocycles. The fourth-order valence-electron chi connectivity index (χ4n) is 3.14. The number of rotatable bonds is 3. The van der Waals surface area contributed by atoms with Crippen molar-refractivity contribution >= 4 is 5.91 Å². The molecule has 2 heterocycles. The first kappa shape index (κ1) is 12.8. The number of piperazine rings is 1. The summed E-state index contributed by atoms with van der Waals surface area (Å²) in [6, 6.07) is 0.610. The Kier molecular flexibility index (Phi) is 4.05. The zero-order valence-electron chi connectivity index (χ0n) is 11.1. The predicted molar refractivity (Wildman–Crippen MR) is 68.7 cm³/mol. The van der Waals surface area contributed by atoms with Crippen LogP contribution in [0.2, 0.25) is 0 Å². The maximum Gasteiger partial charge on any atom is 0.239 e. The molecule has 2 aliphatic rings. The molecule has 2 unspecified atom stereocenters. The Balaban J connectivity index is 1.97. The lowest BCUT2D eigenvalue weighted by atomic mass is 10.0. The Morgan fingerprint density at radius 1 is 1.47 bits per heavy atom. The third kappa shape index (κ3) is 2.63. The number of nitrogens with two attached hydrogens (primary N) is 1. The second-order valence-electron chi connectivity index (χ2n) is 5.53. The highest BCUT2D eigenvalue weighted by Crippen LogP contribution is 2.25. The van der Waals surface area contributed by atoms with Gasteiger partial charge in [0.25, 0.3) is 0 Å². The van der Waals surface area contributed by atoms with Crippen molar-refractivity contribution in [1.82, 2.24) is 9.80 Å². The number of amides is 1. The number of hydrogen-bond donors (Lipinski definition) is 1. The molecule has 0 bridgehead atoms. The second-order valence-corrected chi connectivity index (χ2v) is 5.53. The van der Waals surface area contributed by atoms with Gasteiger partial charge in [-0.05, 0) is 32.7 Å². The molecule has 0 radical (unpaired) electrons. The highest BCUT2D eigenvalue weighted by atomic mass is 16.2. The quantitative estimate of drug-likeness (QED) is 0.793. The van der Waals surface area contributed by atoms with Gasteiger partial charge < -0.3 is 10.6 Å². The van der Waals surface area contributed by atoms with Crippen LogP contribution in [0.4, 0.5) is 0 Å². The summed E-state index contributed by atoms with van der Waals surface area (Å²) >= 11 is 0. The molecular weight excluding hydrogens is 214 g/mol. The topological polar surface area (TPSA) is 49.6 Å². The Labute approximate surface area is 104 Å². The van der Waals surface area contributed by atoms with Crippen LogP contribution in [0, 0.1) is 0 Å². The van der Waals surface area contributed by atoms with Gasteiger partial charge in [0, 0.05) is 25.2 Å². The summed E-state index contributed by atoms with van der Waals surface area (Å²) < 4.78 is 0. The van der Waals surface area contributed by atoms with E-state index in [1.807, 2.05) is 4.90 Å². The first-order valence-electron chi connectivity index (χ1n) is 6.93. The molecule has 17 heavy (non-hydrogen) atoms. The van der Waals surface area contributed by atoms with Crippen LogP contribution in [-0.2, 0) is 4.79 Å². The molecule has 2 N–H and O–H groups in total. The lowest BCUT2D eigenvalue weighted by molar-refractivity contribution is -0.138. The van der Waals surface area contributed by atoms with Crippen LogP contribution < -0.4 is 5.73 Å². The minimum Gasteiger partial charge on any atom is -0.336 e. The molecule has 4 heteroatoms. The van der Waals surface area contributed by atoms with Gasteiger partial charge >= 0.3 is 0 Å². The molecular formula is C13H25N3O. The molecule has 3 atom stereocenters. The van der Waals surface area contributed by atoms with Gasteiger partial charge in [0.15, 0.2) is 0 Å². The van der Waals surface area contributed by atoms with E-state index in [9.17, 15) is 4.79 Å². The molecule has 2 rings (SSSR count). The lowest BCUT2D eigenvalue weighted by Crippen LogP contribution is -2.59. The molecule has 0 aromatic carbocycles. The number of carbonyl (C=O) groups is 1. The van der Waals surface area contributed by atoms with Crippen LogP contribution in [0.5, 0.6) is 0 Å². The molecule has 4 nitrogen and oxygen atoms in total. The average Bonchev–Trinajstić information content (AvgIpc) is 2.74. The van der Waals surface area contributed by atoms with E-state index >= 15 is 0 Å². The highest BCUT2D eigenvalue weighted by molar-refractivity contribution is 5.82. The second kappa shape index (κ2) is 5.36. The van der Waals surface area contributed by atoms with E-state index in [1.54, 1.807) is 0 Å². The Hall–Kier alpha value is -0.610. The van der Waals surface area contributed by atoms with Gasteiger partial charge in [-0.3, -0.25) is 9.69 Å². The van der Waals surface area contributed by atoms with Gasteiger partial charge in [0.2, 0.25) is 5.91 Å². The number of hydrogen-bond acceptors (Lipinski definition) is 3. The Bertz CT molecular complexity index is 282. The van der Waals surface area contributed by atoms with E-state index in [0.717, 1.165) is 25.9 Å². The Morgan fingerprint density at radius 2 is 2.24 bits per heavy atom. The summed E-state index contributed by atoms with van der Waals surface area (Å²) in [6.07, 6.45) is 4.29. The van der Waals surface area contributed by atoms with E-state index in [2.05, 4.69) is 18.7 Å². The van der Waals surface area contributed by atoms with Crippen LogP contribution in [-0.4, -0.2) is 53.5 Å². The van der Waals surface area contributed by atoms with Crippen molar-refractivity contribution in [2.75, 3.05) is 19.6 Å². The van der Waals surface area contributed by atoms with Gasteiger partial charge in [-0.2, -0.15) is 0 Å². The average molecular weight is 239 g/mol. The molecule has 2 fully saturated rings. The van der Waals surface area contributed by atoms with E-state index in [-0.39, 0.29) is 11.9 Å². The molecule has 2 saturated heterocycles. The summed E-state index contributed by atoms with van der Waals surface area (Å²) in [5.74, 6) is 0.158. The van der Waals surface area contributed by atoms with Gasteiger partial charge in [-0.25, -0.2) is 0 Å². The summed E-state index contributed by atoms with van der Waals surface area (Å²) in [5, 5.41) is 0. The standard InChI is InChI=1S/C13H25N3O/c1-3-5-12(14)13(17)16-9-11-6-4-7-15(11)8-10(16)2/h10-12H,3-9,14H2,1-2H3/t10?,11?,12-/m1/s1. The normalized spacial score (nSPS) is 31.4. The monoisotopic (exact) mass is 239 g/mol. The summed E-state index contributed by atoms with van der Waals surface area (Å²) in [5.41, 5.74) is 5.95. The fourth-order valence-corrected chi connectivity index (χ4v) is 3.14. The van der Waals surface area contributed by atoms with Crippen molar-refractivity contribution in [3.63, 3.8) is 0 Å². The van der Waals surface area contributed by atoms with Gasteiger partial charge in [0.05, 0.1) is 6.04 Å². The molecule has 0 saturated carbocycles. The first-order valence-corrected chi connectivity index (χ1v) is 6.93. The van der Waals surface area contributed by atoms with Crippen molar-refractivity contribution in [2.45, 2.75) is 57.7 Å². The minimum absolute atomic E-state index is 0.158. The third-order valence-electron chi connectivity index (χ3n) is 4.14. The molecule has 98 valence electrons. The fraction of sp³-hybridized carbons (Fsp3) is 0.923. The lowest BCUT2D eigenvalue weighted by Gasteiger charge is -2.43. The van der Waals surface area contributed by atoms with Crippen molar-refractivity contribution in [3.05, 3.63) is 0 Å². The van der Waals surface area contributed by atoms with Crippen molar-refractivity contribution in [2.24, 2.45) is 5.73 Å². The van der Waals surface area contributed by atoms with Crippen LogP contribution in [0.15, 0.2) is 0 Å². The predicted octanol–water partition coefficient (Wildman–Crippen LogP) is 0.809. The molecule has 0 aromatic heterocycles. The zero-order chi connectivity index (χ0) is 12.4. The number of carbonyl (C=O) groups excluding carboxylic acids is 1. The largest absolute Gasteiger partial charge is 0.336 e. The number of nitrogens with zero attached hydrogens (tertiary/aromatic N) is 2. The maximum absolute atomic E-state index is 12.3. The van der Waals surface area contributed by atoms with Crippen molar-refractivity contribution in [1.29, 1.82) is 0 Å². The highest BCUT2D eigenvalue weighted by Gasteiger charge is 2.37. The molecule has 0 aromatic rings. The zero-order valence-corrected chi connectivity index (χ0v) is 11.1. The van der Waals surface area contributed by atoms with Crippen molar-refractivity contribution in [3.8, 4) is 0 Å². The smallest absolute Gasteiger partial charge is 0.239 e. The van der Waals surface area contributed by atoms with Crippen LogP contribution in [0.3, 0.4) is 0 Å². The van der Waals surface area contributed by atoms with E-state index in [4.69, 9.17) is 5.73 Å². The summed E-state index contributed by atoms with van der Waals surface area (Å²) in [7, 11) is 0. The minimum atomic E-state index is -0.296. The first-order chi connectivity index (χ1) is 8.13. The third-order valence-corrected chi connectivity index (χ3v) is 4.14. The summed E-state index contributed by atoms with van der Waals surface area (Å²) in [4.78, 5) is 16.8. The van der Waals surface area contributed by atoms with E-state index < -0.39 is 0 Å². The van der Waals surface area contributed by atoms with Crippen molar-refractivity contribution < 1.29 is 4.79 Å². The van der Waals surface area contributed by atoms with Crippen LogP contribution in [0.1, 0.15) is 39.5 Å². The van der Waals surface area contributed by atoms with Gasteiger partial charge in [-0.15, -0.1) is 0 Å². The van der Waals surface area contributed by atoms with E-state index in [1.165, 1.54) is 19.4 Å². The van der Waals surface area contributed by atoms with Gasteiger partial charge in [-0.1, -0.05) is 13.3 Å². The molecule has 1 amide bonds. The van der Waals surface area contributed by atoms with Gasteiger partial charge in [0.1, 0.15) is 0 Å². The molecule has 0 aliphatic carbocycles. The van der Waals surface area contributed by atoms with Crippen LogP contribution in [0.25, 0.3) is 0 Å². The molecule has 0 spiro atoms. The number of fused-ring (bicyclic) bond motifs is 1. The van der Waals surface area contributed by atoms with Crippen LogP contribution >= 0.6 is 0 Å². The van der Waals surface area contributed by atoms with E-state index in [0.29, 0.717) is 12.1 Å². The summed E-state index contributed by atoms with van der Waals surface area (Å²) in [6.45, 7) is 7.33. The maximum atomic E-state index is 12.3.